The Morgan fingerprint density at radius 2 is 1.89 bits per heavy atom. The van der Waals surface area contributed by atoms with Gasteiger partial charge >= 0.3 is 0 Å². The van der Waals surface area contributed by atoms with Gasteiger partial charge < -0.3 is 20.2 Å². The standard InChI is InChI=1S/C12H23N3O3.ClH/c1-4-15(5-2)11(17)8-14(3)12(18)10-6-9(16)7-13-10;/h9-10,13,16H,4-8H2,1-3H3;1H. The van der Waals surface area contributed by atoms with Gasteiger partial charge in [0.05, 0.1) is 18.7 Å². The number of halogens is 1. The number of rotatable bonds is 5. The van der Waals surface area contributed by atoms with Crippen LogP contribution in [0, 0.1) is 0 Å². The SMILES string of the molecule is CCN(CC)C(=O)CN(C)C(=O)C1CC(O)CN1.Cl. The van der Waals surface area contributed by atoms with Crippen LogP contribution in [0.4, 0.5) is 0 Å². The summed E-state index contributed by atoms with van der Waals surface area (Å²) in [6.45, 7) is 5.66. The first-order valence-corrected chi connectivity index (χ1v) is 6.43. The number of amides is 2. The summed E-state index contributed by atoms with van der Waals surface area (Å²) >= 11 is 0. The summed E-state index contributed by atoms with van der Waals surface area (Å²) in [6.07, 6.45) is -0.0475. The zero-order valence-electron chi connectivity index (χ0n) is 11.8. The van der Waals surface area contributed by atoms with Crippen LogP contribution in [0.15, 0.2) is 0 Å². The highest BCUT2D eigenvalue weighted by molar-refractivity contribution is 5.87. The van der Waals surface area contributed by atoms with E-state index in [-0.39, 0.29) is 36.8 Å². The van der Waals surface area contributed by atoms with Gasteiger partial charge in [0.2, 0.25) is 11.8 Å². The van der Waals surface area contributed by atoms with Gasteiger partial charge in [0.15, 0.2) is 0 Å². The molecule has 0 aromatic carbocycles. The van der Waals surface area contributed by atoms with Gasteiger partial charge in [-0.15, -0.1) is 12.4 Å². The van der Waals surface area contributed by atoms with E-state index in [0.717, 1.165) is 0 Å². The Kier molecular flexibility index (Phi) is 7.97. The highest BCUT2D eigenvalue weighted by Gasteiger charge is 2.30. The number of likely N-dealkylation sites (N-methyl/N-ethyl adjacent to an activating group) is 2. The number of carbonyl (C=O) groups is 2. The highest BCUT2D eigenvalue weighted by atomic mass is 35.5. The third kappa shape index (κ3) is 4.97. The van der Waals surface area contributed by atoms with Gasteiger partial charge in [0.1, 0.15) is 0 Å². The molecule has 2 N–H and O–H groups in total. The Hall–Kier alpha value is -0.850. The average molecular weight is 294 g/mol. The molecule has 1 rings (SSSR count). The number of carbonyl (C=O) groups excluding carboxylic acids is 2. The Morgan fingerprint density at radius 3 is 2.32 bits per heavy atom. The van der Waals surface area contributed by atoms with Crippen molar-refractivity contribution in [2.24, 2.45) is 0 Å². The Labute approximate surface area is 120 Å². The zero-order chi connectivity index (χ0) is 13.7. The molecule has 0 bridgehead atoms. The van der Waals surface area contributed by atoms with Crippen LogP contribution in [0.2, 0.25) is 0 Å². The molecule has 6 nitrogen and oxygen atoms in total. The van der Waals surface area contributed by atoms with Crippen molar-refractivity contribution in [2.45, 2.75) is 32.4 Å². The first-order chi connectivity index (χ1) is 8.49. The molecule has 19 heavy (non-hydrogen) atoms. The maximum atomic E-state index is 12.0. The van der Waals surface area contributed by atoms with Crippen LogP contribution in [0.5, 0.6) is 0 Å². The first kappa shape index (κ1) is 18.1. The second-order valence-corrected chi connectivity index (χ2v) is 4.61. The van der Waals surface area contributed by atoms with Crippen LogP contribution in [0.25, 0.3) is 0 Å². The molecule has 2 amide bonds. The largest absolute Gasteiger partial charge is 0.392 e. The van der Waals surface area contributed by atoms with Crippen molar-refractivity contribution in [1.29, 1.82) is 0 Å². The van der Waals surface area contributed by atoms with E-state index in [0.29, 0.717) is 26.1 Å². The molecule has 1 heterocycles. The predicted molar refractivity (Wildman–Crippen MR) is 75.2 cm³/mol. The number of hydrogen-bond acceptors (Lipinski definition) is 4. The minimum atomic E-state index is -0.467. The molecule has 0 aliphatic carbocycles. The number of nitrogens with one attached hydrogen (secondary N) is 1. The smallest absolute Gasteiger partial charge is 0.242 e. The van der Waals surface area contributed by atoms with Crippen LogP contribution in [0.3, 0.4) is 0 Å². The topological polar surface area (TPSA) is 72.9 Å². The van der Waals surface area contributed by atoms with Gasteiger partial charge in [-0.05, 0) is 20.3 Å². The number of hydrogen-bond donors (Lipinski definition) is 2. The highest BCUT2D eigenvalue weighted by Crippen LogP contribution is 2.09. The van der Waals surface area contributed by atoms with E-state index in [2.05, 4.69) is 5.32 Å². The second kappa shape index (κ2) is 8.35. The van der Waals surface area contributed by atoms with E-state index in [4.69, 9.17) is 0 Å². The zero-order valence-corrected chi connectivity index (χ0v) is 12.6. The summed E-state index contributed by atoms with van der Waals surface area (Å²) in [5.41, 5.74) is 0. The summed E-state index contributed by atoms with van der Waals surface area (Å²) in [7, 11) is 1.62. The summed E-state index contributed by atoms with van der Waals surface area (Å²) < 4.78 is 0. The fraction of sp³-hybridized carbons (Fsp3) is 0.833. The molecule has 0 aromatic heterocycles. The van der Waals surface area contributed by atoms with Crippen LogP contribution in [-0.4, -0.2) is 72.1 Å². The lowest BCUT2D eigenvalue weighted by atomic mass is 10.2. The number of nitrogens with zero attached hydrogens (tertiary/aromatic N) is 2. The molecular weight excluding hydrogens is 270 g/mol. The molecule has 0 saturated carbocycles. The van der Waals surface area contributed by atoms with Crippen molar-refractivity contribution in [1.82, 2.24) is 15.1 Å². The molecule has 0 radical (unpaired) electrons. The summed E-state index contributed by atoms with van der Waals surface area (Å²) in [4.78, 5) is 27.0. The Bertz CT molecular complexity index is 311. The maximum absolute atomic E-state index is 12.0. The third-order valence-electron chi connectivity index (χ3n) is 3.27. The fourth-order valence-electron chi connectivity index (χ4n) is 2.13. The van der Waals surface area contributed by atoms with Gasteiger partial charge in [-0.1, -0.05) is 0 Å². The summed E-state index contributed by atoms with van der Waals surface area (Å²) in [5, 5.41) is 12.3. The van der Waals surface area contributed by atoms with Gasteiger partial charge in [-0.25, -0.2) is 0 Å². The van der Waals surface area contributed by atoms with Gasteiger partial charge in [-0.3, -0.25) is 9.59 Å². The van der Waals surface area contributed by atoms with E-state index in [1.165, 1.54) is 4.90 Å². The van der Waals surface area contributed by atoms with Gasteiger partial charge in [0.25, 0.3) is 0 Å². The quantitative estimate of drug-likeness (QED) is 0.714. The molecule has 1 aliphatic heterocycles. The monoisotopic (exact) mass is 293 g/mol. The van der Waals surface area contributed by atoms with Crippen molar-refractivity contribution in [3.05, 3.63) is 0 Å². The van der Waals surface area contributed by atoms with Crippen LogP contribution >= 0.6 is 12.4 Å². The molecule has 1 fully saturated rings. The van der Waals surface area contributed by atoms with Crippen LogP contribution < -0.4 is 5.32 Å². The maximum Gasteiger partial charge on any atom is 0.242 e. The molecule has 0 aromatic rings. The van der Waals surface area contributed by atoms with E-state index >= 15 is 0 Å². The third-order valence-corrected chi connectivity index (χ3v) is 3.27. The molecule has 1 saturated heterocycles. The molecule has 7 heteroatoms. The summed E-state index contributed by atoms with van der Waals surface area (Å²) in [6, 6.07) is -0.366. The number of aliphatic hydroxyl groups excluding tert-OH is 1. The van der Waals surface area contributed by atoms with Crippen molar-refractivity contribution < 1.29 is 14.7 Å². The average Bonchev–Trinajstić information content (AvgIpc) is 2.76. The van der Waals surface area contributed by atoms with Crippen LogP contribution in [0.1, 0.15) is 20.3 Å². The van der Waals surface area contributed by atoms with Crippen molar-refractivity contribution in [2.75, 3.05) is 33.2 Å². The molecular formula is C12H24ClN3O3. The van der Waals surface area contributed by atoms with Crippen molar-refractivity contribution in [3.8, 4) is 0 Å². The molecule has 112 valence electrons. The van der Waals surface area contributed by atoms with Gasteiger partial charge in [0, 0.05) is 26.7 Å². The van der Waals surface area contributed by atoms with Gasteiger partial charge in [-0.2, -0.15) is 0 Å². The minimum absolute atomic E-state index is 0. The fourth-order valence-corrected chi connectivity index (χ4v) is 2.13. The Morgan fingerprint density at radius 1 is 1.32 bits per heavy atom. The Balaban J connectivity index is 0.00000324. The molecule has 2 unspecified atom stereocenters. The van der Waals surface area contributed by atoms with E-state index < -0.39 is 6.10 Å². The van der Waals surface area contributed by atoms with Crippen molar-refractivity contribution >= 4 is 24.2 Å². The van der Waals surface area contributed by atoms with E-state index in [1.54, 1.807) is 11.9 Å². The molecule has 1 aliphatic rings. The second-order valence-electron chi connectivity index (χ2n) is 4.61. The lowest BCUT2D eigenvalue weighted by Gasteiger charge is -2.25. The number of aliphatic hydroxyl groups is 1. The van der Waals surface area contributed by atoms with Crippen molar-refractivity contribution in [3.63, 3.8) is 0 Å². The minimum Gasteiger partial charge on any atom is -0.392 e. The number of β-amino-alcohol motifs (C(OH)–C–C–N with tert-alkyl or cyclic N) is 1. The summed E-state index contributed by atoms with van der Waals surface area (Å²) in [5.74, 6) is -0.179. The lowest BCUT2D eigenvalue weighted by Crippen LogP contribution is -2.46. The lowest BCUT2D eigenvalue weighted by molar-refractivity contribution is -0.140. The first-order valence-electron chi connectivity index (χ1n) is 6.43. The molecule has 0 spiro atoms. The van der Waals surface area contributed by atoms with E-state index in [1.807, 2.05) is 13.8 Å². The van der Waals surface area contributed by atoms with Crippen LogP contribution in [-0.2, 0) is 9.59 Å². The molecule has 2 atom stereocenters. The normalized spacial score (nSPS) is 21.7. The van der Waals surface area contributed by atoms with E-state index in [9.17, 15) is 14.7 Å². The predicted octanol–water partition coefficient (Wildman–Crippen LogP) is -0.542.